The number of primary amides is 1. The molecule has 8 heteroatoms. The van der Waals surface area contributed by atoms with Crippen molar-refractivity contribution in [2.75, 3.05) is 13.1 Å². The fraction of sp³-hybridized carbons (Fsp3) is 0.368. The molecule has 0 spiro atoms. The molecule has 2 amide bonds. The molecular formula is C19H22N6O2. The van der Waals surface area contributed by atoms with Gasteiger partial charge in [0.2, 0.25) is 5.91 Å². The van der Waals surface area contributed by atoms with E-state index in [1.807, 2.05) is 34.6 Å². The van der Waals surface area contributed by atoms with E-state index in [0.717, 1.165) is 29.9 Å². The molecule has 1 aliphatic rings. The van der Waals surface area contributed by atoms with Gasteiger partial charge in [0.15, 0.2) is 0 Å². The number of rotatable bonds is 4. The van der Waals surface area contributed by atoms with Crippen molar-refractivity contribution in [1.82, 2.24) is 23.8 Å². The lowest BCUT2D eigenvalue weighted by Crippen LogP contribution is -2.40. The minimum absolute atomic E-state index is 0.0749. The van der Waals surface area contributed by atoms with Crippen molar-refractivity contribution >= 4 is 17.5 Å². The molecule has 8 nitrogen and oxygen atoms in total. The van der Waals surface area contributed by atoms with Crippen LogP contribution >= 0.6 is 0 Å². The number of aromatic nitrogens is 4. The van der Waals surface area contributed by atoms with Crippen LogP contribution in [0.2, 0.25) is 0 Å². The molecule has 1 atom stereocenters. The summed E-state index contributed by atoms with van der Waals surface area (Å²) < 4.78 is 3.65. The van der Waals surface area contributed by atoms with Crippen LogP contribution in [0.25, 0.3) is 5.65 Å². The SMILES string of the molecule is Cc1ccc2nc(C(=O)N3CCCC(c4nccn4CC(N)=O)C3)cn2c1. The summed E-state index contributed by atoms with van der Waals surface area (Å²) in [7, 11) is 0. The molecule has 0 bridgehead atoms. The third-order valence-corrected chi connectivity index (χ3v) is 4.97. The van der Waals surface area contributed by atoms with Gasteiger partial charge in [-0.2, -0.15) is 0 Å². The molecule has 0 saturated carbocycles. The third kappa shape index (κ3) is 3.42. The molecular weight excluding hydrogens is 344 g/mol. The number of aryl methyl sites for hydroxylation is 1. The quantitative estimate of drug-likeness (QED) is 0.753. The number of likely N-dealkylation sites (tertiary alicyclic amines) is 1. The van der Waals surface area contributed by atoms with Gasteiger partial charge in [0.25, 0.3) is 5.91 Å². The van der Waals surface area contributed by atoms with E-state index in [4.69, 9.17) is 5.73 Å². The second-order valence-electron chi connectivity index (χ2n) is 7.07. The Morgan fingerprint density at radius 1 is 1.30 bits per heavy atom. The number of carbonyl (C=O) groups is 2. The Morgan fingerprint density at radius 3 is 2.96 bits per heavy atom. The van der Waals surface area contributed by atoms with Gasteiger partial charge in [-0.15, -0.1) is 0 Å². The zero-order chi connectivity index (χ0) is 19.0. The Hall–Kier alpha value is -3.16. The van der Waals surface area contributed by atoms with Crippen LogP contribution in [0.3, 0.4) is 0 Å². The summed E-state index contributed by atoms with van der Waals surface area (Å²) in [6.07, 6.45) is 8.96. The van der Waals surface area contributed by atoms with E-state index < -0.39 is 5.91 Å². The lowest BCUT2D eigenvalue weighted by molar-refractivity contribution is -0.118. The van der Waals surface area contributed by atoms with E-state index in [0.29, 0.717) is 18.8 Å². The topological polar surface area (TPSA) is 98.5 Å². The highest BCUT2D eigenvalue weighted by Crippen LogP contribution is 2.27. The van der Waals surface area contributed by atoms with Crippen LogP contribution in [0.5, 0.6) is 0 Å². The standard InChI is InChI=1S/C19H22N6O2/c1-13-4-5-17-22-15(11-25(17)9-13)19(27)24-7-2-3-14(10-24)18-21-6-8-23(18)12-16(20)26/h4-6,8-9,11,14H,2-3,7,10,12H2,1H3,(H2,20,26). The third-order valence-electron chi connectivity index (χ3n) is 4.97. The molecule has 1 saturated heterocycles. The number of carbonyl (C=O) groups excluding carboxylic acids is 2. The van der Waals surface area contributed by atoms with Gasteiger partial charge in [-0.1, -0.05) is 6.07 Å². The zero-order valence-corrected chi connectivity index (χ0v) is 15.2. The van der Waals surface area contributed by atoms with Crippen molar-refractivity contribution < 1.29 is 9.59 Å². The summed E-state index contributed by atoms with van der Waals surface area (Å²) in [6.45, 7) is 3.36. The van der Waals surface area contributed by atoms with Crippen molar-refractivity contribution in [3.63, 3.8) is 0 Å². The van der Waals surface area contributed by atoms with Gasteiger partial charge < -0.3 is 19.6 Å². The summed E-state index contributed by atoms with van der Waals surface area (Å²) >= 11 is 0. The number of hydrogen-bond acceptors (Lipinski definition) is 4. The van der Waals surface area contributed by atoms with E-state index in [1.54, 1.807) is 23.2 Å². The molecule has 0 aromatic carbocycles. The van der Waals surface area contributed by atoms with E-state index >= 15 is 0 Å². The number of nitrogens with two attached hydrogens (primary N) is 1. The van der Waals surface area contributed by atoms with Gasteiger partial charge in [0.05, 0.1) is 0 Å². The Kier molecular flexibility index (Phi) is 4.39. The average Bonchev–Trinajstić information content (AvgIpc) is 3.27. The van der Waals surface area contributed by atoms with Gasteiger partial charge in [0.1, 0.15) is 23.7 Å². The summed E-state index contributed by atoms with van der Waals surface area (Å²) in [6, 6.07) is 3.89. The Morgan fingerprint density at radius 2 is 2.15 bits per heavy atom. The number of nitrogens with zero attached hydrogens (tertiary/aromatic N) is 5. The van der Waals surface area contributed by atoms with E-state index in [2.05, 4.69) is 9.97 Å². The van der Waals surface area contributed by atoms with Crippen LogP contribution in [-0.2, 0) is 11.3 Å². The lowest BCUT2D eigenvalue weighted by atomic mass is 9.97. The fourth-order valence-corrected chi connectivity index (χ4v) is 3.72. The summed E-state index contributed by atoms with van der Waals surface area (Å²) in [5.74, 6) is 0.403. The number of fused-ring (bicyclic) bond motifs is 1. The first-order chi connectivity index (χ1) is 13.0. The van der Waals surface area contributed by atoms with Gasteiger partial charge >= 0.3 is 0 Å². The number of piperidine rings is 1. The van der Waals surface area contributed by atoms with Crippen molar-refractivity contribution in [2.45, 2.75) is 32.2 Å². The first-order valence-electron chi connectivity index (χ1n) is 9.05. The molecule has 1 fully saturated rings. The molecule has 2 N–H and O–H groups in total. The predicted molar refractivity (Wildman–Crippen MR) is 99.2 cm³/mol. The average molecular weight is 366 g/mol. The van der Waals surface area contributed by atoms with E-state index in [-0.39, 0.29) is 18.4 Å². The van der Waals surface area contributed by atoms with Crippen molar-refractivity contribution in [3.05, 3.63) is 54.0 Å². The van der Waals surface area contributed by atoms with Gasteiger partial charge in [-0.05, 0) is 31.4 Å². The number of amides is 2. The van der Waals surface area contributed by atoms with Crippen molar-refractivity contribution in [1.29, 1.82) is 0 Å². The van der Waals surface area contributed by atoms with E-state index in [1.165, 1.54) is 0 Å². The Balaban J connectivity index is 1.54. The van der Waals surface area contributed by atoms with Crippen LogP contribution in [0, 0.1) is 6.92 Å². The number of hydrogen-bond donors (Lipinski definition) is 1. The molecule has 1 aliphatic heterocycles. The first-order valence-corrected chi connectivity index (χ1v) is 9.05. The minimum atomic E-state index is -0.405. The second-order valence-corrected chi connectivity index (χ2v) is 7.07. The summed E-state index contributed by atoms with van der Waals surface area (Å²) in [5.41, 5.74) is 7.63. The van der Waals surface area contributed by atoms with Crippen LogP contribution < -0.4 is 5.73 Å². The largest absolute Gasteiger partial charge is 0.368 e. The van der Waals surface area contributed by atoms with Crippen LogP contribution in [0.15, 0.2) is 36.9 Å². The van der Waals surface area contributed by atoms with E-state index in [9.17, 15) is 9.59 Å². The highest BCUT2D eigenvalue weighted by Gasteiger charge is 2.29. The molecule has 0 aliphatic carbocycles. The van der Waals surface area contributed by atoms with Crippen LogP contribution in [-0.4, -0.2) is 48.7 Å². The number of imidazole rings is 2. The van der Waals surface area contributed by atoms with Gasteiger partial charge in [-0.25, -0.2) is 9.97 Å². The first kappa shape index (κ1) is 17.3. The van der Waals surface area contributed by atoms with Gasteiger partial charge in [-0.3, -0.25) is 9.59 Å². The zero-order valence-electron chi connectivity index (χ0n) is 15.2. The highest BCUT2D eigenvalue weighted by molar-refractivity contribution is 5.93. The highest BCUT2D eigenvalue weighted by atomic mass is 16.2. The smallest absolute Gasteiger partial charge is 0.274 e. The molecule has 0 radical (unpaired) electrons. The van der Waals surface area contributed by atoms with Crippen LogP contribution in [0.4, 0.5) is 0 Å². The lowest BCUT2D eigenvalue weighted by Gasteiger charge is -2.32. The van der Waals surface area contributed by atoms with Crippen molar-refractivity contribution in [3.8, 4) is 0 Å². The normalized spacial score (nSPS) is 17.4. The molecule has 1 unspecified atom stereocenters. The number of pyridine rings is 1. The summed E-state index contributed by atoms with van der Waals surface area (Å²) in [4.78, 5) is 34.9. The van der Waals surface area contributed by atoms with Crippen molar-refractivity contribution in [2.24, 2.45) is 5.73 Å². The predicted octanol–water partition coefficient (Wildman–Crippen LogP) is 1.34. The fourth-order valence-electron chi connectivity index (χ4n) is 3.72. The molecule has 3 aromatic rings. The molecule has 4 rings (SSSR count). The molecule has 27 heavy (non-hydrogen) atoms. The van der Waals surface area contributed by atoms with Crippen LogP contribution in [0.1, 0.15) is 40.6 Å². The maximum Gasteiger partial charge on any atom is 0.274 e. The molecule has 140 valence electrons. The second kappa shape index (κ2) is 6.86. The maximum absolute atomic E-state index is 13.0. The minimum Gasteiger partial charge on any atom is -0.368 e. The summed E-state index contributed by atoms with van der Waals surface area (Å²) in [5, 5.41) is 0. The molecule has 3 aromatic heterocycles. The monoisotopic (exact) mass is 366 g/mol. The van der Waals surface area contributed by atoms with Gasteiger partial charge in [0, 0.05) is 43.8 Å². The molecule has 4 heterocycles. The Bertz CT molecular complexity index is 1000. The maximum atomic E-state index is 13.0. The Labute approximate surface area is 156 Å².